The standard InChI is InChI=1S/C21H21N5O2/c1-4-12-24-15(2)14-26-17-18(22-20(24)26)23(3)21(28)25(19(17)27)13-8-11-16-9-6-5-7-10-16/h4-11,14H,1,12-13H2,2-3H3/b11-8+. The van der Waals surface area contributed by atoms with Crippen molar-refractivity contribution in [2.45, 2.75) is 20.0 Å². The van der Waals surface area contributed by atoms with Gasteiger partial charge in [-0.05, 0) is 12.5 Å². The topological polar surface area (TPSA) is 66.2 Å². The van der Waals surface area contributed by atoms with E-state index in [9.17, 15) is 9.59 Å². The number of benzene rings is 1. The number of nitrogens with zero attached hydrogens (tertiary/aromatic N) is 5. The van der Waals surface area contributed by atoms with Gasteiger partial charge in [-0.3, -0.25) is 18.3 Å². The third-order valence-electron chi connectivity index (χ3n) is 4.85. The summed E-state index contributed by atoms with van der Waals surface area (Å²) < 4.78 is 6.37. The molecule has 0 spiro atoms. The van der Waals surface area contributed by atoms with E-state index < -0.39 is 0 Å². The van der Waals surface area contributed by atoms with Crippen molar-refractivity contribution >= 4 is 23.0 Å². The van der Waals surface area contributed by atoms with Gasteiger partial charge in [0.1, 0.15) is 0 Å². The van der Waals surface area contributed by atoms with Gasteiger partial charge in [-0.1, -0.05) is 48.6 Å². The molecule has 0 radical (unpaired) electrons. The molecule has 7 heteroatoms. The molecule has 0 amide bonds. The molecule has 1 aromatic carbocycles. The summed E-state index contributed by atoms with van der Waals surface area (Å²) in [6, 6.07) is 9.75. The zero-order valence-electron chi connectivity index (χ0n) is 15.9. The minimum absolute atomic E-state index is 0.190. The Hall–Kier alpha value is -3.61. The van der Waals surface area contributed by atoms with E-state index >= 15 is 0 Å². The highest BCUT2D eigenvalue weighted by Gasteiger charge is 2.19. The van der Waals surface area contributed by atoms with Crippen LogP contribution in [0.4, 0.5) is 0 Å². The van der Waals surface area contributed by atoms with Gasteiger partial charge in [-0.2, -0.15) is 4.98 Å². The van der Waals surface area contributed by atoms with Crippen LogP contribution in [-0.4, -0.2) is 23.1 Å². The van der Waals surface area contributed by atoms with E-state index in [-0.39, 0.29) is 17.8 Å². The van der Waals surface area contributed by atoms with Gasteiger partial charge in [0.15, 0.2) is 11.2 Å². The lowest BCUT2D eigenvalue weighted by Crippen LogP contribution is -2.39. The molecule has 0 aliphatic carbocycles. The van der Waals surface area contributed by atoms with Crippen LogP contribution in [0.15, 0.2) is 64.8 Å². The molecule has 3 heterocycles. The highest BCUT2D eigenvalue weighted by molar-refractivity contribution is 5.75. The van der Waals surface area contributed by atoms with E-state index in [0.717, 1.165) is 11.3 Å². The molecule has 3 aromatic heterocycles. The Kier molecular flexibility index (Phi) is 4.35. The monoisotopic (exact) mass is 375 g/mol. The van der Waals surface area contributed by atoms with Crippen LogP contribution in [0.1, 0.15) is 11.3 Å². The largest absolute Gasteiger partial charge is 0.332 e. The predicted octanol–water partition coefficient (Wildman–Crippen LogP) is 2.36. The maximum Gasteiger partial charge on any atom is 0.332 e. The lowest BCUT2D eigenvalue weighted by molar-refractivity contribution is 0.667. The molecule has 0 aliphatic rings. The Balaban J connectivity index is 1.88. The zero-order valence-corrected chi connectivity index (χ0v) is 15.9. The van der Waals surface area contributed by atoms with Crippen LogP contribution in [0.2, 0.25) is 0 Å². The number of aromatic nitrogens is 5. The van der Waals surface area contributed by atoms with Gasteiger partial charge >= 0.3 is 5.69 Å². The van der Waals surface area contributed by atoms with Crippen LogP contribution in [0.5, 0.6) is 0 Å². The first-order valence-electron chi connectivity index (χ1n) is 9.03. The lowest BCUT2D eigenvalue weighted by Gasteiger charge is -2.05. The summed E-state index contributed by atoms with van der Waals surface area (Å²) in [6.07, 6.45) is 7.35. The van der Waals surface area contributed by atoms with Crippen LogP contribution < -0.4 is 11.2 Å². The summed E-state index contributed by atoms with van der Waals surface area (Å²) in [5.74, 6) is 0.622. The van der Waals surface area contributed by atoms with Crippen LogP contribution in [0.3, 0.4) is 0 Å². The molecule has 0 unspecified atom stereocenters. The molecule has 0 saturated heterocycles. The van der Waals surface area contributed by atoms with E-state index in [1.807, 2.05) is 60.2 Å². The molecule has 4 aromatic rings. The Morgan fingerprint density at radius 2 is 1.86 bits per heavy atom. The van der Waals surface area contributed by atoms with Crippen molar-refractivity contribution in [3.63, 3.8) is 0 Å². The minimum Gasteiger partial charge on any atom is -0.310 e. The first-order valence-corrected chi connectivity index (χ1v) is 9.03. The lowest BCUT2D eigenvalue weighted by atomic mass is 10.2. The SMILES string of the molecule is C=CCn1c(C)cn2c3c(=O)n(C/C=C/c4ccccc4)c(=O)n(C)c3nc12. The van der Waals surface area contributed by atoms with Crippen molar-refractivity contribution in [2.75, 3.05) is 0 Å². The summed E-state index contributed by atoms with van der Waals surface area (Å²) in [6.45, 7) is 6.49. The normalized spacial score (nSPS) is 11.8. The molecule has 142 valence electrons. The Morgan fingerprint density at radius 1 is 1.11 bits per heavy atom. The molecule has 0 bridgehead atoms. The fraction of sp³-hybridized carbons (Fsp3) is 0.190. The number of hydrogen-bond donors (Lipinski definition) is 0. The molecule has 7 nitrogen and oxygen atoms in total. The van der Waals surface area contributed by atoms with E-state index in [1.54, 1.807) is 17.5 Å². The molecular formula is C21H21N5O2. The first-order chi connectivity index (χ1) is 13.5. The molecule has 0 N–H and O–H groups in total. The van der Waals surface area contributed by atoms with Gasteiger partial charge in [0, 0.05) is 32.0 Å². The van der Waals surface area contributed by atoms with Crippen molar-refractivity contribution in [1.29, 1.82) is 0 Å². The van der Waals surface area contributed by atoms with Gasteiger partial charge < -0.3 is 4.57 Å². The number of imidazole rings is 2. The van der Waals surface area contributed by atoms with Crippen molar-refractivity contribution in [2.24, 2.45) is 7.05 Å². The molecule has 0 aliphatic heterocycles. The van der Waals surface area contributed by atoms with Crippen LogP contribution in [0, 0.1) is 6.92 Å². The van der Waals surface area contributed by atoms with Gasteiger partial charge in [0.2, 0.25) is 5.78 Å². The summed E-state index contributed by atoms with van der Waals surface area (Å²) >= 11 is 0. The van der Waals surface area contributed by atoms with Gasteiger partial charge in [0.05, 0.1) is 0 Å². The number of rotatable bonds is 5. The van der Waals surface area contributed by atoms with Crippen molar-refractivity contribution in [3.8, 4) is 0 Å². The van der Waals surface area contributed by atoms with Crippen molar-refractivity contribution < 1.29 is 0 Å². The first kappa shape index (κ1) is 17.8. The third-order valence-corrected chi connectivity index (χ3v) is 4.85. The van der Waals surface area contributed by atoms with Crippen LogP contribution >= 0.6 is 0 Å². The minimum atomic E-state index is -0.386. The van der Waals surface area contributed by atoms with E-state index in [0.29, 0.717) is 23.5 Å². The van der Waals surface area contributed by atoms with E-state index in [1.165, 1.54) is 9.13 Å². The quantitative estimate of drug-likeness (QED) is 0.503. The predicted molar refractivity (Wildman–Crippen MR) is 111 cm³/mol. The maximum absolute atomic E-state index is 13.1. The number of allylic oxidation sites excluding steroid dienone is 2. The second kappa shape index (κ2) is 6.84. The van der Waals surface area contributed by atoms with Crippen molar-refractivity contribution in [1.82, 2.24) is 23.1 Å². The highest BCUT2D eigenvalue weighted by Crippen LogP contribution is 2.16. The molecule has 28 heavy (non-hydrogen) atoms. The Labute approximate surface area is 161 Å². The summed E-state index contributed by atoms with van der Waals surface area (Å²) in [5, 5.41) is 0. The summed E-state index contributed by atoms with van der Waals surface area (Å²) in [5.41, 5.74) is 2.02. The zero-order chi connectivity index (χ0) is 19.8. The smallest absolute Gasteiger partial charge is 0.310 e. The molecular weight excluding hydrogens is 354 g/mol. The molecule has 4 rings (SSSR count). The summed E-state index contributed by atoms with van der Waals surface area (Å²) in [7, 11) is 1.64. The van der Waals surface area contributed by atoms with E-state index in [2.05, 4.69) is 11.6 Å². The number of aryl methyl sites for hydroxylation is 2. The molecule has 0 atom stereocenters. The number of fused-ring (bicyclic) bond motifs is 3. The van der Waals surface area contributed by atoms with Gasteiger partial charge in [0.25, 0.3) is 5.56 Å². The highest BCUT2D eigenvalue weighted by atomic mass is 16.2. The van der Waals surface area contributed by atoms with Gasteiger partial charge in [-0.25, -0.2) is 4.79 Å². The second-order valence-electron chi connectivity index (χ2n) is 6.69. The maximum atomic E-state index is 13.1. The fourth-order valence-electron chi connectivity index (χ4n) is 3.43. The average Bonchev–Trinajstić information content (AvgIpc) is 3.20. The average molecular weight is 375 g/mol. The second-order valence-corrected chi connectivity index (χ2v) is 6.69. The third kappa shape index (κ3) is 2.72. The fourth-order valence-corrected chi connectivity index (χ4v) is 3.43. The van der Waals surface area contributed by atoms with Gasteiger partial charge in [-0.15, -0.1) is 6.58 Å². The van der Waals surface area contributed by atoms with Crippen LogP contribution in [0.25, 0.3) is 23.0 Å². The summed E-state index contributed by atoms with van der Waals surface area (Å²) in [4.78, 5) is 30.4. The Morgan fingerprint density at radius 3 is 2.57 bits per heavy atom. The van der Waals surface area contributed by atoms with E-state index in [4.69, 9.17) is 0 Å². The Bertz CT molecular complexity index is 1330. The molecule has 0 saturated carbocycles. The molecule has 0 fully saturated rings. The number of hydrogen-bond acceptors (Lipinski definition) is 3. The van der Waals surface area contributed by atoms with Crippen molar-refractivity contribution in [3.05, 3.63) is 87.4 Å². The van der Waals surface area contributed by atoms with Crippen LogP contribution in [-0.2, 0) is 20.1 Å².